The Balaban J connectivity index is 1.85. The van der Waals surface area contributed by atoms with Gasteiger partial charge in [-0.05, 0) is 75.7 Å². The molecule has 0 heterocycles. The van der Waals surface area contributed by atoms with E-state index in [4.69, 9.17) is 5.73 Å². The van der Waals surface area contributed by atoms with Gasteiger partial charge in [0.2, 0.25) is 0 Å². The van der Waals surface area contributed by atoms with Crippen LogP contribution in [-0.4, -0.2) is 24.5 Å². The summed E-state index contributed by atoms with van der Waals surface area (Å²) in [6, 6.07) is 7.42. The van der Waals surface area contributed by atoms with Gasteiger partial charge in [-0.2, -0.15) is 0 Å². The Morgan fingerprint density at radius 3 is 2.68 bits per heavy atom. The van der Waals surface area contributed by atoms with E-state index in [-0.39, 0.29) is 0 Å². The van der Waals surface area contributed by atoms with E-state index in [1.807, 2.05) is 0 Å². The second kappa shape index (κ2) is 7.06. The summed E-state index contributed by atoms with van der Waals surface area (Å²) in [7, 11) is 2.21. The number of fused-ring (bicyclic) bond motifs is 1. The predicted molar refractivity (Wildman–Crippen MR) is 82.3 cm³/mol. The highest BCUT2D eigenvalue weighted by Crippen LogP contribution is 2.22. The molecule has 0 fully saturated rings. The average Bonchev–Trinajstić information content (AvgIpc) is 2.38. The topological polar surface area (TPSA) is 29.3 Å². The molecule has 2 heteroatoms. The Morgan fingerprint density at radius 2 is 1.95 bits per heavy atom. The van der Waals surface area contributed by atoms with Crippen LogP contribution in [0.15, 0.2) is 18.2 Å². The molecule has 0 saturated carbocycles. The minimum atomic E-state index is 0.331. The van der Waals surface area contributed by atoms with Crippen LogP contribution >= 0.6 is 0 Å². The molecule has 1 aromatic rings. The van der Waals surface area contributed by atoms with Crippen molar-refractivity contribution in [3.63, 3.8) is 0 Å². The van der Waals surface area contributed by atoms with Crippen LogP contribution in [-0.2, 0) is 19.4 Å². The number of aryl methyl sites for hydroxylation is 2. The summed E-state index contributed by atoms with van der Waals surface area (Å²) in [6.45, 7) is 4.29. The molecule has 0 aliphatic heterocycles. The van der Waals surface area contributed by atoms with Crippen LogP contribution in [0.5, 0.6) is 0 Å². The second-order valence-electron chi connectivity index (χ2n) is 6.17. The molecule has 1 aliphatic rings. The number of hydrogen-bond donors (Lipinski definition) is 1. The van der Waals surface area contributed by atoms with Gasteiger partial charge in [0, 0.05) is 12.6 Å². The zero-order valence-electron chi connectivity index (χ0n) is 12.5. The van der Waals surface area contributed by atoms with Crippen molar-refractivity contribution in [2.45, 2.75) is 58.0 Å². The molecule has 2 nitrogen and oxygen atoms in total. The Labute approximate surface area is 118 Å². The summed E-state index contributed by atoms with van der Waals surface area (Å²) in [5.41, 5.74) is 10.4. The molecule has 1 aromatic carbocycles. The smallest absolute Gasteiger partial charge is 0.0230 e. The monoisotopic (exact) mass is 260 g/mol. The lowest BCUT2D eigenvalue weighted by Crippen LogP contribution is -2.22. The first kappa shape index (κ1) is 14.5. The van der Waals surface area contributed by atoms with Crippen molar-refractivity contribution in [1.29, 1.82) is 0 Å². The third kappa shape index (κ3) is 4.63. The molecule has 1 unspecified atom stereocenters. The van der Waals surface area contributed by atoms with Gasteiger partial charge in [-0.15, -0.1) is 0 Å². The van der Waals surface area contributed by atoms with E-state index in [0.29, 0.717) is 6.04 Å². The average molecular weight is 260 g/mol. The fourth-order valence-corrected chi connectivity index (χ4v) is 2.96. The van der Waals surface area contributed by atoms with Crippen molar-refractivity contribution in [3.05, 3.63) is 34.9 Å². The van der Waals surface area contributed by atoms with Crippen LogP contribution in [0, 0.1) is 0 Å². The van der Waals surface area contributed by atoms with Gasteiger partial charge < -0.3 is 10.6 Å². The summed E-state index contributed by atoms with van der Waals surface area (Å²) < 4.78 is 0. The van der Waals surface area contributed by atoms with E-state index < -0.39 is 0 Å². The number of benzene rings is 1. The largest absolute Gasteiger partial charge is 0.328 e. The SMILES string of the molecule is CC(N)CCCN(C)Cc1ccc2c(c1)CCCC2. The molecular formula is C17H28N2. The maximum absolute atomic E-state index is 5.79. The minimum Gasteiger partial charge on any atom is -0.328 e. The Kier molecular flexibility index (Phi) is 5.41. The summed E-state index contributed by atoms with van der Waals surface area (Å²) in [5.74, 6) is 0. The zero-order chi connectivity index (χ0) is 13.7. The lowest BCUT2D eigenvalue weighted by Gasteiger charge is -2.20. The summed E-state index contributed by atoms with van der Waals surface area (Å²) in [5, 5.41) is 0. The molecule has 1 atom stereocenters. The van der Waals surface area contributed by atoms with Gasteiger partial charge in [-0.25, -0.2) is 0 Å². The van der Waals surface area contributed by atoms with Crippen molar-refractivity contribution < 1.29 is 0 Å². The third-order valence-electron chi connectivity index (χ3n) is 4.06. The number of hydrogen-bond acceptors (Lipinski definition) is 2. The fraction of sp³-hybridized carbons (Fsp3) is 0.647. The first-order valence-corrected chi connectivity index (χ1v) is 7.70. The van der Waals surface area contributed by atoms with E-state index >= 15 is 0 Å². The normalized spacial score (nSPS) is 16.4. The highest BCUT2D eigenvalue weighted by atomic mass is 15.1. The van der Waals surface area contributed by atoms with Gasteiger partial charge in [0.05, 0.1) is 0 Å². The molecule has 0 radical (unpaired) electrons. The number of nitrogens with two attached hydrogens (primary N) is 1. The van der Waals surface area contributed by atoms with Crippen LogP contribution in [0.2, 0.25) is 0 Å². The van der Waals surface area contributed by atoms with E-state index in [9.17, 15) is 0 Å². The lowest BCUT2D eigenvalue weighted by molar-refractivity contribution is 0.315. The zero-order valence-corrected chi connectivity index (χ0v) is 12.5. The summed E-state index contributed by atoms with van der Waals surface area (Å²) in [6.07, 6.45) is 7.59. The van der Waals surface area contributed by atoms with Crippen LogP contribution < -0.4 is 5.73 Å². The first-order valence-electron chi connectivity index (χ1n) is 7.70. The van der Waals surface area contributed by atoms with Crippen molar-refractivity contribution in [1.82, 2.24) is 4.90 Å². The van der Waals surface area contributed by atoms with Crippen LogP contribution in [0.1, 0.15) is 49.3 Å². The Morgan fingerprint density at radius 1 is 1.21 bits per heavy atom. The molecule has 1 aliphatic carbocycles. The van der Waals surface area contributed by atoms with E-state index in [0.717, 1.165) is 19.5 Å². The van der Waals surface area contributed by atoms with Gasteiger partial charge in [0.25, 0.3) is 0 Å². The van der Waals surface area contributed by atoms with E-state index in [2.05, 4.69) is 37.1 Å². The highest BCUT2D eigenvalue weighted by molar-refractivity contribution is 5.33. The molecule has 19 heavy (non-hydrogen) atoms. The summed E-state index contributed by atoms with van der Waals surface area (Å²) in [4.78, 5) is 2.41. The minimum absolute atomic E-state index is 0.331. The van der Waals surface area contributed by atoms with Crippen molar-refractivity contribution in [2.24, 2.45) is 5.73 Å². The van der Waals surface area contributed by atoms with Crippen LogP contribution in [0.25, 0.3) is 0 Å². The number of rotatable bonds is 6. The first-order chi connectivity index (χ1) is 9.15. The Bertz CT molecular complexity index is 398. The molecular weight excluding hydrogens is 232 g/mol. The van der Waals surface area contributed by atoms with Crippen LogP contribution in [0.3, 0.4) is 0 Å². The fourth-order valence-electron chi connectivity index (χ4n) is 2.96. The number of nitrogens with zero attached hydrogens (tertiary/aromatic N) is 1. The molecule has 2 N–H and O–H groups in total. The molecule has 0 spiro atoms. The van der Waals surface area contributed by atoms with E-state index in [1.165, 1.54) is 37.7 Å². The predicted octanol–water partition coefficient (Wildman–Crippen LogP) is 3.12. The van der Waals surface area contributed by atoms with Crippen molar-refractivity contribution in [2.75, 3.05) is 13.6 Å². The van der Waals surface area contributed by atoms with Gasteiger partial charge in [0.1, 0.15) is 0 Å². The molecule has 2 rings (SSSR count). The van der Waals surface area contributed by atoms with Gasteiger partial charge in [-0.3, -0.25) is 0 Å². The molecule has 0 amide bonds. The van der Waals surface area contributed by atoms with Crippen LogP contribution in [0.4, 0.5) is 0 Å². The molecule has 0 saturated heterocycles. The standard InChI is InChI=1S/C17H28N2/c1-14(18)6-5-11-19(2)13-15-9-10-16-7-3-4-8-17(16)12-15/h9-10,12,14H,3-8,11,13,18H2,1-2H3. The highest BCUT2D eigenvalue weighted by Gasteiger charge is 2.10. The van der Waals surface area contributed by atoms with Crippen molar-refractivity contribution >= 4 is 0 Å². The third-order valence-corrected chi connectivity index (χ3v) is 4.06. The second-order valence-corrected chi connectivity index (χ2v) is 6.17. The van der Waals surface area contributed by atoms with E-state index in [1.54, 1.807) is 11.1 Å². The van der Waals surface area contributed by atoms with Crippen molar-refractivity contribution in [3.8, 4) is 0 Å². The lowest BCUT2D eigenvalue weighted by atomic mass is 9.90. The molecule has 0 bridgehead atoms. The molecule has 0 aromatic heterocycles. The van der Waals surface area contributed by atoms with Gasteiger partial charge in [0.15, 0.2) is 0 Å². The van der Waals surface area contributed by atoms with Gasteiger partial charge >= 0.3 is 0 Å². The Hall–Kier alpha value is -0.860. The molecule has 106 valence electrons. The maximum Gasteiger partial charge on any atom is 0.0230 e. The maximum atomic E-state index is 5.79. The summed E-state index contributed by atoms with van der Waals surface area (Å²) >= 11 is 0. The van der Waals surface area contributed by atoms with Gasteiger partial charge in [-0.1, -0.05) is 18.2 Å². The quantitative estimate of drug-likeness (QED) is 0.851.